The Morgan fingerprint density at radius 2 is 2.18 bits per heavy atom. The summed E-state index contributed by atoms with van der Waals surface area (Å²) in [7, 11) is -2.98. The fourth-order valence-corrected chi connectivity index (χ4v) is 3.09. The van der Waals surface area contributed by atoms with Gasteiger partial charge in [0, 0.05) is 12.6 Å². The standard InChI is InChI=1S/C8H14N2O6S/c1-16-8(13)9-17(14,15)10-4-2-3-6(10)5-7(11)12/h6H,2-5H2,1H3,(H,9,13)(H,11,12). The molecule has 9 heteroatoms. The zero-order chi connectivity index (χ0) is 13.1. The smallest absolute Gasteiger partial charge is 0.421 e. The minimum Gasteiger partial charge on any atom is -0.481 e. The molecule has 1 aliphatic heterocycles. The molecule has 0 aromatic rings. The highest BCUT2D eigenvalue weighted by Crippen LogP contribution is 2.22. The molecule has 0 aromatic carbocycles. The van der Waals surface area contributed by atoms with Crippen LogP contribution >= 0.6 is 0 Å². The number of carbonyl (C=O) groups excluding carboxylic acids is 1. The largest absolute Gasteiger partial charge is 0.481 e. The summed E-state index contributed by atoms with van der Waals surface area (Å²) < 4.78 is 30.3. The van der Waals surface area contributed by atoms with Gasteiger partial charge in [-0.25, -0.2) is 9.52 Å². The molecule has 1 aliphatic rings. The summed E-state index contributed by atoms with van der Waals surface area (Å²) in [5.41, 5.74) is 0. The van der Waals surface area contributed by atoms with E-state index in [0.29, 0.717) is 12.8 Å². The summed E-state index contributed by atoms with van der Waals surface area (Å²) in [5, 5.41) is 8.65. The minimum atomic E-state index is -4.02. The molecule has 1 unspecified atom stereocenters. The van der Waals surface area contributed by atoms with Crippen molar-refractivity contribution in [2.75, 3.05) is 13.7 Å². The number of carbonyl (C=O) groups is 2. The number of nitrogens with zero attached hydrogens (tertiary/aromatic N) is 1. The van der Waals surface area contributed by atoms with Gasteiger partial charge in [0.05, 0.1) is 13.5 Å². The molecule has 17 heavy (non-hydrogen) atoms. The van der Waals surface area contributed by atoms with Crippen molar-refractivity contribution in [2.45, 2.75) is 25.3 Å². The summed E-state index contributed by atoms with van der Waals surface area (Å²) in [5.74, 6) is -1.07. The van der Waals surface area contributed by atoms with Crippen LogP contribution in [0.25, 0.3) is 0 Å². The Morgan fingerprint density at radius 3 is 2.71 bits per heavy atom. The Bertz CT molecular complexity index is 406. The third-order valence-corrected chi connectivity index (χ3v) is 3.96. The second kappa shape index (κ2) is 5.32. The van der Waals surface area contributed by atoms with Gasteiger partial charge in [0.1, 0.15) is 0 Å². The number of ether oxygens (including phenoxy) is 1. The molecule has 2 N–H and O–H groups in total. The van der Waals surface area contributed by atoms with Crippen LogP contribution in [-0.4, -0.2) is 49.6 Å². The van der Waals surface area contributed by atoms with E-state index in [0.717, 1.165) is 11.4 Å². The molecular weight excluding hydrogens is 252 g/mol. The first-order valence-electron chi connectivity index (χ1n) is 4.96. The molecule has 1 amide bonds. The third-order valence-electron chi connectivity index (χ3n) is 2.44. The second-order valence-electron chi connectivity index (χ2n) is 3.60. The molecule has 8 nitrogen and oxygen atoms in total. The van der Waals surface area contributed by atoms with Crippen molar-refractivity contribution in [3.63, 3.8) is 0 Å². The van der Waals surface area contributed by atoms with E-state index in [1.165, 1.54) is 0 Å². The maximum atomic E-state index is 11.7. The lowest BCUT2D eigenvalue weighted by Crippen LogP contribution is -2.46. The zero-order valence-corrected chi connectivity index (χ0v) is 10.1. The van der Waals surface area contributed by atoms with Crippen LogP contribution in [0.4, 0.5) is 4.79 Å². The van der Waals surface area contributed by atoms with Crippen molar-refractivity contribution < 1.29 is 27.9 Å². The highest BCUT2D eigenvalue weighted by Gasteiger charge is 2.36. The summed E-state index contributed by atoms with van der Waals surface area (Å²) in [6, 6.07) is -0.616. The van der Waals surface area contributed by atoms with Crippen LogP contribution in [-0.2, 0) is 19.7 Å². The van der Waals surface area contributed by atoms with E-state index < -0.39 is 28.3 Å². The average molecular weight is 266 g/mol. The van der Waals surface area contributed by atoms with Crippen molar-refractivity contribution in [3.05, 3.63) is 0 Å². The molecule has 1 atom stereocenters. The Labute approximate surface area is 98.7 Å². The third kappa shape index (κ3) is 3.56. The molecule has 1 fully saturated rings. The van der Waals surface area contributed by atoms with Crippen LogP contribution in [0.1, 0.15) is 19.3 Å². The summed E-state index contributed by atoms with van der Waals surface area (Å²) >= 11 is 0. The van der Waals surface area contributed by atoms with Crippen LogP contribution in [0.15, 0.2) is 0 Å². The first-order chi connectivity index (χ1) is 7.86. The van der Waals surface area contributed by atoms with Gasteiger partial charge in [-0.1, -0.05) is 0 Å². The topological polar surface area (TPSA) is 113 Å². The maximum absolute atomic E-state index is 11.7. The van der Waals surface area contributed by atoms with Gasteiger partial charge in [0.2, 0.25) is 0 Å². The maximum Gasteiger partial charge on any atom is 0.421 e. The van der Waals surface area contributed by atoms with Crippen LogP contribution in [0, 0.1) is 0 Å². The number of hydrogen-bond acceptors (Lipinski definition) is 5. The number of carboxylic acid groups (broad SMARTS) is 1. The lowest BCUT2D eigenvalue weighted by molar-refractivity contribution is -0.137. The summed E-state index contributed by atoms with van der Waals surface area (Å²) in [6.45, 7) is 0.199. The first kappa shape index (κ1) is 13.7. The van der Waals surface area contributed by atoms with Gasteiger partial charge >= 0.3 is 22.3 Å². The summed E-state index contributed by atoms with van der Waals surface area (Å²) in [4.78, 5) is 21.4. The zero-order valence-electron chi connectivity index (χ0n) is 9.25. The van der Waals surface area contributed by atoms with E-state index in [1.807, 2.05) is 0 Å². The number of aliphatic carboxylic acids is 1. The van der Waals surface area contributed by atoms with Gasteiger partial charge in [0.25, 0.3) is 0 Å². The monoisotopic (exact) mass is 266 g/mol. The average Bonchev–Trinajstić information content (AvgIpc) is 2.64. The van der Waals surface area contributed by atoms with Crippen LogP contribution < -0.4 is 4.72 Å². The molecule has 1 saturated heterocycles. The van der Waals surface area contributed by atoms with Gasteiger partial charge in [-0.3, -0.25) is 4.79 Å². The molecule has 0 aromatic heterocycles. The van der Waals surface area contributed by atoms with E-state index in [-0.39, 0.29) is 13.0 Å². The van der Waals surface area contributed by atoms with E-state index in [9.17, 15) is 18.0 Å². The summed E-state index contributed by atoms with van der Waals surface area (Å²) in [6.07, 6.45) is -0.331. The fourth-order valence-electron chi connectivity index (χ4n) is 1.74. The van der Waals surface area contributed by atoms with Crippen LogP contribution in [0.5, 0.6) is 0 Å². The van der Waals surface area contributed by atoms with E-state index >= 15 is 0 Å². The fraction of sp³-hybridized carbons (Fsp3) is 0.750. The first-order valence-corrected chi connectivity index (χ1v) is 6.40. The normalized spacial score (nSPS) is 21.1. The number of rotatable bonds is 4. The lowest BCUT2D eigenvalue weighted by atomic mass is 10.2. The van der Waals surface area contributed by atoms with Crippen molar-refractivity contribution in [1.82, 2.24) is 9.03 Å². The van der Waals surface area contributed by atoms with Crippen molar-refractivity contribution in [3.8, 4) is 0 Å². The molecule has 0 spiro atoms. The highest BCUT2D eigenvalue weighted by molar-refractivity contribution is 7.87. The van der Waals surface area contributed by atoms with Crippen LogP contribution in [0.2, 0.25) is 0 Å². The Balaban J connectivity index is 2.76. The van der Waals surface area contributed by atoms with Gasteiger partial charge in [-0.15, -0.1) is 0 Å². The number of amides is 1. The Morgan fingerprint density at radius 1 is 1.53 bits per heavy atom. The van der Waals surface area contributed by atoms with E-state index in [4.69, 9.17) is 5.11 Å². The molecular formula is C8H14N2O6S. The number of methoxy groups -OCH3 is 1. The van der Waals surface area contributed by atoms with Crippen molar-refractivity contribution in [1.29, 1.82) is 0 Å². The molecule has 0 bridgehead atoms. The number of hydrogen-bond donors (Lipinski definition) is 2. The van der Waals surface area contributed by atoms with Crippen molar-refractivity contribution >= 4 is 22.3 Å². The van der Waals surface area contributed by atoms with Gasteiger partial charge < -0.3 is 9.84 Å². The van der Waals surface area contributed by atoms with Crippen molar-refractivity contribution in [2.24, 2.45) is 0 Å². The molecule has 1 heterocycles. The number of carboxylic acids is 1. The van der Waals surface area contributed by atoms with E-state index in [2.05, 4.69) is 4.74 Å². The molecule has 1 rings (SSSR count). The van der Waals surface area contributed by atoms with Gasteiger partial charge in [0.15, 0.2) is 0 Å². The predicted molar refractivity (Wildman–Crippen MR) is 56.4 cm³/mol. The number of nitrogens with one attached hydrogen (secondary N) is 1. The van der Waals surface area contributed by atoms with Gasteiger partial charge in [-0.2, -0.15) is 12.7 Å². The van der Waals surface area contributed by atoms with Gasteiger partial charge in [-0.05, 0) is 12.8 Å². The lowest BCUT2D eigenvalue weighted by Gasteiger charge is -2.22. The SMILES string of the molecule is COC(=O)NS(=O)(=O)N1CCCC1CC(=O)O. The highest BCUT2D eigenvalue weighted by atomic mass is 32.2. The Kier molecular flexibility index (Phi) is 4.29. The van der Waals surface area contributed by atoms with Crippen LogP contribution in [0.3, 0.4) is 0 Å². The second-order valence-corrected chi connectivity index (χ2v) is 5.23. The molecule has 0 saturated carbocycles. The Hall–Kier alpha value is -1.35. The van der Waals surface area contributed by atoms with E-state index in [1.54, 1.807) is 4.72 Å². The molecule has 98 valence electrons. The minimum absolute atomic E-state index is 0.199. The predicted octanol–water partition coefficient (Wildman–Crippen LogP) is -0.474. The molecule has 0 radical (unpaired) electrons. The quantitative estimate of drug-likeness (QED) is 0.711. The molecule has 0 aliphatic carbocycles.